The summed E-state index contributed by atoms with van der Waals surface area (Å²) in [6.07, 6.45) is 2.05. The number of benzene rings is 2. The highest BCUT2D eigenvalue weighted by atomic mass is 127. The van der Waals surface area contributed by atoms with Gasteiger partial charge in [0.05, 0.1) is 0 Å². The third-order valence-corrected chi connectivity index (χ3v) is 5.75. The first-order valence-corrected chi connectivity index (χ1v) is 10.1. The molecule has 0 fully saturated rings. The lowest BCUT2D eigenvalue weighted by atomic mass is 10.2. The van der Waals surface area contributed by atoms with E-state index in [0.717, 1.165) is 9.13 Å². The largest absolute Gasteiger partial charge is 0.373 e. The Morgan fingerprint density at radius 3 is 2.32 bits per heavy atom. The van der Waals surface area contributed by atoms with Crippen LogP contribution in [0.15, 0.2) is 65.3 Å². The molecule has 2 aromatic carbocycles. The molecule has 25 heavy (non-hydrogen) atoms. The number of anilines is 1. The molecule has 130 valence electrons. The van der Waals surface area contributed by atoms with Crippen LogP contribution < -0.4 is 4.90 Å². The Morgan fingerprint density at radius 1 is 1.04 bits per heavy atom. The van der Waals surface area contributed by atoms with Gasteiger partial charge >= 0.3 is 10.1 Å². The van der Waals surface area contributed by atoms with Gasteiger partial charge in [-0.1, -0.05) is 17.7 Å². The molecule has 7 heteroatoms. The molecule has 0 spiro atoms. The van der Waals surface area contributed by atoms with E-state index in [1.54, 1.807) is 12.1 Å². The normalized spacial score (nSPS) is 15.0. The van der Waals surface area contributed by atoms with Crippen LogP contribution in [0.2, 0.25) is 0 Å². The number of hydrogen-bond donors (Lipinski definition) is 0. The molecule has 0 bridgehead atoms. The fourth-order valence-corrected chi connectivity index (χ4v) is 3.76. The lowest BCUT2D eigenvalue weighted by Gasteiger charge is -2.26. The van der Waals surface area contributed by atoms with Crippen LogP contribution in [0.5, 0.6) is 0 Å². The van der Waals surface area contributed by atoms with Gasteiger partial charge in [0.2, 0.25) is 5.76 Å². The first-order chi connectivity index (χ1) is 11.9. The minimum Gasteiger partial charge on any atom is -0.373 e. The standard InChI is InChI=1S/C18H16INO4S/c1-13-4-10-16(11-5-13)25(22,23)24-17-3-2-12-20(18(17)21)15-8-6-14(19)7-9-15/h3-11H,2,12H2,1H3. The zero-order valence-corrected chi connectivity index (χ0v) is 16.5. The molecular formula is C18H16INO4S. The third kappa shape index (κ3) is 4.04. The molecule has 1 aliphatic heterocycles. The minimum atomic E-state index is -4.04. The second kappa shape index (κ2) is 7.17. The van der Waals surface area contributed by atoms with Crippen molar-refractivity contribution in [2.45, 2.75) is 18.2 Å². The van der Waals surface area contributed by atoms with E-state index in [1.165, 1.54) is 23.1 Å². The quantitative estimate of drug-likeness (QED) is 0.507. The number of carbonyl (C=O) groups excluding carboxylic acids is 1. The van der Waals surface area contributed by atoms with Gasteiger partial charge in [-0.05, 0) is 78.4 Å². The number of amides is 1. The average molecular weight is 469 g/mol. The topological polar surface area (TPSA) is 63.7 Å². The Kier molecular flexibility index (Phi) is 5.14. The maximum absolute atomic E-state index is 12.6. The molecule has 0 radical (unpaired) electrons. The summed E-state index contributed by atoms with van der Waals surface area (Å²) >= 11 is 2.18. The first-order valence-electron chi connectivity index (χ1n) is 7.65. The molecule has 2 aromatic rings. The minimum absolute atomic E-state index is 0.0261. The molecule has 1 amide bonds. The fraction of sp³-hybridized carbons (Fsp3) is 0.167. The third-order valence-electron chi connectivity index (χ3n) is 3.79. The van der Waals surface area contributed by atoms with Crippen LogP contribution in [-0.2, 0) is 19.1 Å². The molecular weight excluding hydrogens is 453 g/mol. The lowest BCUT2D eigenvalue weighted by molar-refractivity contribution is -0.117. The summed E-state index contributed by atoms with van der Waals surface area (Å²) in [5.74, 6) is -0.617. The molecule has 1 aliphatic rings. The van der Waals surface area contributed by atoms with Crippen molar-refractivity contribution in [3.63, 3.8) is 0 Å². The van der Waals surface area contributed by atoms with Crippen molar-refractivity contribution in [1.29, 1.82) is 0 Å². The van der Waals surface area contributed by atoms with E-state index >= 15 is 0 Å². The summed E-state index contributed by atoms with van der Waals surface area (Å²) in [5, 5.41) is 0. The van der Waals surface area contributed by atoms with Gasteiger partial charge < -0.3 is 9.08 Å². The number of rotatable bonds is 4. The molecule has 0 unspecified atom stereocenters. The van der Waals surface area contributed by atoms with Crippen molar-refractivity contribution >= 4 is 44.3 Å². The van der Waals surface area contributed by atoms with Gasteiger partial charge in [0, 0.05) is 15.8 Å². The van der Waals surface area contributed by atoms with Gasteiger partial charge in [-0.2, -0.15) is 8.42 Å². The molecule has 0 aliphatic carbocycles. The van der Waals surface area contributed by atoms with Crippen LogP contribution in [-0.4, -0.2) is 20.9 Å². The zero-order valence-electron chi connectivity index (χ0n) is 13.5. The van der Waals surface area contributed by atoms with Crippen molar-refractivity contribution in [3.05, 3.63) is 69.5 Å². The molecule has 3 rings (SSSR count). The highest BCUT2D eigenvalue weighted by molar-refractivity contribution is 14.1. The summed E-state index contributed by atoms with van der Waals surface area (Å²) in [6.45, 7) is 2.35. The summed E-state index contributed by atoms with van der Waals surface area (Å²) in [6, 6.07) is 13.8. The van der Waals surface area contributed by atoms with E-state index < -0.39 is 16.0 Å². The van der Waals surface area contributed by atoms with E-state index in [2.05, 4.69) is 22.6 Å². The van der Waals surface area contributed by atoms with Gasteiger partial charge in [-0.15, -0.1) is 0 Å². The zero-order chi connectivity index (χ0) is 18.0. The molecule has 0 aromatic heterocycles. The number of hydrogen-bond acceptors (Lipinski definition) is 4. The number of aryl methyl sites for hydroxylation is 1. The average Bonchev–Trinajstić information content (AvgIpc) is 2.58. The molecule has 0 atom stereocenters. The molecule has 0 saturated carbocycles. The Morgan fingerprint density at radius 2 is 1.68 bits per heavy atom. The van der Waals surface area contributed by atoms with E-state index in [4.69, 9.17) is 4.18 Å². The Hall–Kier alpha value is -1.87. The van der Waals surface area contributed by atoms with Gasteiger partial charge in [-0.25, -0.2) is 0 Å². The number of nitrogens with zero attached hydrogens (tertiary/aromatic N) is 1. The number of halogens is 1. The Balaban J connectivity index is 1.82. The summed E-state index contributed by atoms with van der Waals surface area (Å²) in [7, 11) is -4.04. The summed E-state index contributed by atoms with van der Waals surface area (Å²) < 4.78 is 31.0. The van der Waals surface area contributed by atoms with Crippen molar-refractivity contribution in [3.8, 4) is 0 Å². The van der Waals surface area contributed by atoms with E-state index in [1.807, 2.05) is 31.2 Å². The predicted molar refractivity (Wildman–Crippen MR) is 104 cm³/mol. The fourth-order valence-electron chi connectivity index (χ4n) is 2.45. The van der Waals surface area contributed by atoms with E-state index in [-0.39, 0.29) is 10.7 Å². The van der Waals surface area contributed by atoms with Crippen LogP contribution in [0.4, 0.5) is 5.69 Å². The highest BCUT2D eigenvalue weighted by Crippen LogP contribution is 2.25. The Bertz CT molecular complexity index is 919. The van der Waals surface area contributed by atoms with Crippen LogP contribution >= 0.6 is 22.6 Å². The van der Waals surface area contributed by atoms with Crippen molar-refractivity contribution in [2.24, 2.45) is 0 Å². The van der Waals surface area contributed by atoms with Crippen LogP contribution in [0, 0.1) is 10.5 Å². The second-order valence-corrected chi connectivity index (χ2v) is 8.43. The van der Waals surface area contributed by atoms with Crippen LogP contribution in [0.1, 0.15) is 12.0 Å². The van der Waals surface area contributed by atoms with Gasteiger partial charge in [0.25, 0.3) is 5.91 Å². The van der Waals surface area contributed by atoms with E-state index in [9.17, 15) is 13.2 Å². The van der Waals surface area contributed by atoms with Gasteiger partial charge in [0.1, 0.15) is 4.90 Å². The van der Waals surface area contributed by atoms with Gasteiger partial charge in [-0.3, -0.25) is 4.79 Å². The number of carbonyl (C=O) groups is 1. The molecule has 0 N–H and O–H groups in total. The van der Waals surface area contributed by atoms with Crippen molar-refractivity contribution in [1.82, 2.24) is 0 Å². The molecule has 5 nitrogen and oxygen atoms in total. The predicted octanol–water partition coefficient (Wildman–Crippen LogP) is 3.63. The summed E-state index contributed by atoms with van der Waals surface area (Å²) in [5.41, 5.74) is 1.66. The van der Waals surface area contributed by atoms with Crippen molar-refractivity contribution < 1.29 is 17.4 Å². The first kappa shape index (κ1) is 17.9. The van der Waals surface area contributed by atoms with Gasteiger partial charge in [0.15, 0.2) is 0 Å². The molecule has 1 heterocycles. The second-order valence-electron chi connectivity index (χ2n) is 5.64. The van der Waals surface area contributed by atoms with Crippen LogP contribution in [0.25, 0.3) is 0 Å². The monoisotopic (exact) mass is 469 g/mol. The molecule has 0 saturated heterocycles. The maximum Gasteiger partial charge on any atom is 0.339 e. The van der Waals surface area contributed by atoms with Crippen molar-refractivity contribution in [2.75, 3.05) is 11.4 Å². The highest BCUT2D eigenvalue weighted by Gasteiger charge is 2.29. The van der Waals surface area contributed by atoms with E-state index in [0.29, 0.717) is 18.7 Å². The Labute approximate surface area is 160 Å². The smallest absolute Gasteiger partial charge is 0.339 e. The lowest BCUT2D eigenvalue weighted by Crippen LogP contribution is -2.37. The SMILES string of the molecule is Cc1ccc(S(=O)(=O)OC2=CCCN(c3ccc(I)cc3)C2=O)cc1. The summed E-state index contributed by atoms with van der Waals surface area (Å²) in [4.78, 5) is 14.2. The maximum atomic E-state index is 12.6. The van der Waals surface area contributed by atoms with Crippen LogP contribution in [0.3, 0.4) is 0 Å².